The van der Waals surface area contributed by atoms with Crippen LogP contribution in [0.5, 0.6) is 0 Å². The van der Waals surface area contributed by atoms with Crippen molar-refractivity contribution in [1.29, 1.82) is 0 Å². The first kappa shape index (κ1) is 38.0. The van der Waals surface area contributed by atoms with E-state index in [4.69, 9.17) is 0 Å². The molecule has 10 aromatic carbocycles. The van der Waals surface area contributed by atoms with Gasteiger partial charge in [-0.15, -0.1) is 11.3 Å². The van der Waals surface area contributed by atoms with Crippen LogP contribution in [0.4, 0.5) is 34.1 Å². The normalized spacial score (nSPS) is 12.5. The molecule has 1 aliphatic rings. The quantitative estimate of drug-likeness (QED) is 0.134. The second-order valence-electron chi connectivity index (χ2n) is 16.5. The largest absolute Gasteiger partial charge is 0.310 e. The minimum Gasteiger partial charge on any atom is -0.310 e. The summed E-state index contributed by atoms with van der Waals surface area (Å²) in [6.07, 6.45) is 0. The lowest BCUT2D eigenvalue weighted by atomic mass is 9.99. The van der Waals surface area contributed by atoms with Gasteiger partial charge in [0.25, 0.3) is 0 Å². The van der Waals surface area contributed by atoms with Gasteiger partial charge in [-0.05, 0) is 128 Å². The van der Waals surface area contributed by atoms with Crippen molar-refractivity contribution in [3.8, 4) is 22.3 Å². The van der Waals surface area contributed by atoms with Gasteiger partial charge in [-0.2, -0.15) is 0 Å². The van der Waals surface area contributed by atoms with E-state index < -0.39 is 8.07 Å². The van der Waals surface area contributed by atoms with Crippen LogP contribution in [0, 0.1) is 0 Å². The number of hydrogen-bond acceptors (Lipinski definition) is 3. The zero-order valence-corrected chi connectivity index (χ0v) is 36.9. The lowest BCUT2D eigenvalue weighted by Gasteiger charge is -2.32. The first-order valence-corrected chi connectivity index (χ1v) is 24.7. The first-order valence-electron chi connectivity index (χ1n) is 21.9. The minimum absolute atomic E-state index is 1.12. The van der Waals surface area contributed by atoms with E-state index in [0.29, 0.717) is 0 Å². The van der Waals surface area contributed by atoms with Crippen molar-refractivity contribution in [3.05, 3.63) is 255 Å². The SMILES string of the molecule is c1ccc(N(c2ccccc2)c2ccc3c(c2)-c2ccc(-c4cccc(N(c5ccccc5)c5ccc6sc7ccccc7c6c5)c4)cc2[Si]3(c2ccccc2)c2ccccc2)cc1. The Morgan fingerprint density at radius 2 is 0.766 bits per heavy atom. The van der Waals surface area contributed by atoms with Crippen molar-refractivity contribution in [2.24, 2.45) is 0 Å². The molecule has 0 aliphatic carbocycles. The Morgan fingerprint density at radius 3 is 1.41 bits per heavy atom. The predicted octanol–water partition coefficient (Wildman–Crippen LogP) is 14.0. The summed E-state index contributed by atoms with van der Waals surface area (Å²) in [6.45, 7) is 0. The number of anilines is 6. The molecule has 302 valence electrons. The van der Waals surface area contributed by atoms with Gasteiger partial charge in [-0.1, -0.05) is 170 Å². The van der Waals surface area contributed by atoms with Crippen LogP contribution in [0.15, 0.2) is 255 Å². The summed E-state index contributed by atoms with van der Waals surface area (Å²) in [6, 6.07) is 94.1. The van der Waals surface area contributed by atoms with Gasteiger partial charge in [0.2, 0.25) is 0 Å². The lowest BCUT2D eigenvalue weighted by Crippen LogP contribution is -2.72. The van der Waals surface area contributed by atoms with E-state index in [2.05, 4.69) is 265 Å². The number of rotatable bonds is 9. The highest BCUT2D eigenvalue weighted by molar-refractivity contribution is 7.25. The van der Waals surface area contributed by atoms with Crippen molar-refractivity contribution in [2.75, 3.05) is 9.80 Å². The van der Waals surface area contributed by atoms with Crippen LogP contribution in [-0.2, 0) is 0 Å². The molecule has 12 rings (SSSR count). The smallest absolute Gasteiger partial charge is 0.180 e. The molecule has 0 atom stereocenters. The molecule has 0 N–H and O–H groups in total. The molecule has 4 heteroatoms. The summed E-state index contributed by atoms with van der Waals surface area (Å²) < 4.78 is 2.61. The standard InChI is InChI=1S/C60H42N2SSi/c1-6-20-45(21-7-1)61(46-22-8-2-9-23-46)50-35-38-59-56(42-50)54-36-33-44(40-60(54)64(59,51-27-12-4-13-28-51)52-29-14-5-15-30-52)43-19-18-26-48(39-43)62(47-24-10-3-11-25-47)49-34-37-58-55(41-49)53-31-16-17-32-57(53)63-58/h1-42H. The Kier molecular flexibility index (Phi) is 9.40. The molecule has 0 saturated heterocycles. The Bertz CT molecular complexity index is 3360. The fourth-order valence-corrected chi connectivity index (χ4v) is 16.4. The maximum atomic E-state index is 2.53. The minimum atomic E-state index is -2.82. The third-order valence-corrected chi connectivity index (χ3v) is 18.9. The number of para-hydroxylation sites is 3. The zero-order chi connectivity index (χ0) is 42.5. The van der Waals surface area contributed by atoms with Crippen LogP contribution in [-0.4, -0.2) is 8.07 Å². The first-order chi connectivity index (χ1) is 31.7. The molecule has 0 bridgehead atoms. The number of thiophene rings is 1. The van der Waals surface area contributed by atoms with Crippen LogP contribution in [0.2, 0.25) is 0 Å². The molecule has 0 radical (unpaired) electrons. The Hall–Kier alpha value is -7.76. The van der Waals surface area contributed by atoms with E-state index in [-0.39, 0.29) is 0 Å². The van der Waals surface area contributed by atoms with E-state index in [0.717, 1.165) is 34.1 Å². The Balaban J connectivity index is 1.05. The molecule has 2 heterocycles. The van der Waals surface area contributed by atoms with Gasteiger partial charge < -0.3 is 9.80 Å². The van der Waals surface area contributed by atoms with Crippen LogP contribution in [0.1, 0.15) is 0 Å². The molecule has 64 heavy (non-hydrogen) atoms. The van der Waals surface area contributed by atoms with Crippen LogP contribution in [0.3, 0.4) is 0 Å². The van der Waals surface area contributed by atoms with Crippen molar-refractivity contribution < 1.29 is 0 Å². The van der Waals surface area contributed by atoms with Crippen molar-refractivity contribution in [1.82, 2.24) is 0 Å². The maximum Gasteiger partial charge on any atom is 0.180 e. The summed E-state index contributed by atoms with van der Waals surface area (Å²) in [5.74, 6) is 0. The van der Waals surface area contributed by atoms with E-state index >= 15 is 0 Å². The molecule has 2 nitrogen and oxygen atoms in total. The fraction of sp³-hybridized carbons (Fsp3) is 0. The van der Waals surface area contributed by atoms with E-state index in [1.165, 1.54) is 63.2 Å². The number of fused-ring (bicyclic) bond motifs is 6. The fourth-order valence-electron chi connectivity index (χ4n) is 10.1. The number of hydrogen-bond donors (Lipinski definition) is 0. The average molecular weight is 851 g/mol. The molecule has 0 saturated carbocycles. The second kappa shape index (κ2) is 15.9. The highest BCUT2D eigenvalue weighted by Crippen LogP contribution is 2.43. The molecule has 0 spiro atoms. The molecule has 1 aromatic heterocycles. The van der Waals surface area contributed by atoms with Crippen LogP contribution in [0.25, 0.3) is 42.4 Å². The predicted molar refractivity (Wildman–Crippen MR) is 277 cm³/mol. The summed E-state index contributed by atoms with van der Waals surface area (Å²) in [4.78, 5) is 4.78. The Morgan fingerprint density at radius 1 is 0.281 bits per heavy atom. The number of nitrogens with zero attached hydrogens (tertiary/aromatic N) is 2. The van der Waals surface area contributed by atoms with Gasteiger partial charge >= 0.3 is 0 Å². The van der Waals surface area contributed by atoms with Gasteiger partial charge in [-0.25, -0.2) is 0 Å². The van der Waals surface area contributed by atoms with E-state index in [9.17, 15) is 0 Å². The van der Waals surface area contributed by atoms with Crippen LogP contribution < -0.4 is 30.5 Å². The molecule has 1 aliphatic heterocycles. The number of benzene rings is 10. The van der Waals surface area contributed by atoms with Gasteiger partial charge in [0.05, 0.1) is 0 Å². The second-order valence-corrected chi connectivity index (χ2v) is 21.3. The summed E-state index contributed by atoms with van der Waals surface area (Å²) in [7, 11) is -2.82. The molecule has 11 aromatic rings. The van der Waals surface area contributed by atoms with Gasteiger partial charge in [0.15, 0.2) is 8.07 Å². The lowest BCUT2D eigenvalue weighted by molar-refractivity contribution is 1.29. The van der Waals surface area contributed by atoms with E-state index in [1.54, 1.807) is 0 Å². The average Bonchev–Trinajstić information content (AvgIpc) is 3.89. The summed E-state index contributed by atoms with van der Waals surface area (Å²) >= 11 is 1.86. The highest BCUT2D eigenvalue weighted by atomic mass is 32.1. The summed E-state index contributed by atoms with van der Waals surface area (Å²) in [5, 5.41) is 8.19. The molecular weight excluding hydrogens is 809 g/mol. The molecular formula is C60H42N2SSi. The molecule has 0 unspecified atom stereocenters. The van der Waals surface area contributed by atoms with Gasteiger partial charge in [-0.3, -0.25) is 0 Å². The molecule has 0 fully saturated rings. The van der Waals surface area contributed by atoms with Crippen molar-refractivity contribution >= 4 is 94.5 Å². The highest BCUT2D eigenvalue weighted by Gasteiger charge is 2.49. The Labute approximate surface area is 379 Å². The third-order valence-electron chi connectivity index (χ3n) is 12.9. The van der Waals surface area contributed by atoms with Crippen molar-refractivity contribution in [2.45, 2.75) is 0 Å². The summed E-state index contributed by atoms with van der Waals surface area (Å²) in [5.41, 5.74) is 11.8. The van der Waals surface area contributed by atoms with Crippen LogP contribution >= 0.6 is 11.3 Å². The maximum absolute atomic E-state index is 2.82. The van der Waals surface area contributed by atoms with Crippen molar-refractivity contribution in [3.63, 3.8) is 0 Å². The van der Waals surface area contributed by atoms with Gasteiger partial charge in [0, 0.05) is 54.3 Å². The van der Waals surface area contributed by atoms with Gasteiger partial charge in [0.1, 0.15) is 0 Å². The topological polar surface area (TPSA) is 6.48 Å². The third kappa shape index (κ3) is 6.30. The monoisotopic (exact) mass is 850 g/mol. The molecule has 0 amide bonds. The van der Waals surface area contributed by atoms with E-state index in [1.807, 2.05) is 11.3 Å². The zero-order valence-electron chi connectivity index (χ0n) is 35.1.